The van der Waals surface area contributed by atoms with Crippen LogP contribution in [-0.2, 0) is 4.74 Å². The zero-order chi connectivity index (χ0) is 10.8. The van der Waals surface area contributed by atoms with Crippen molar-refractivity contribution >= 4 is 12.6 Å². The van der Waals surface area contributed by atoms with E-state index < -0.39 is 0 Å². The average molecular weight is 230 g/mol. The van der Waals surface area contributed by atoms with Crippen molar-refractivity contribution in [3.05, 3.63) is 0 Å². The Bertz CT molecular complexity index is 132. The predicted octanol–water partition coefficient (Wildman–Crippen LogP) is 4.07. The summed E-state index contributed by atoms with van der Waals surface area (Å²) in [5, 5.41) is 0. The number of hydrogen-bond donors (Lipinski definition) is 1. The monoisotopic (exact) mass is 230 g/mol. The first-order valence-electron chi connectivity index (χ1n) is 6.62. The molecule has 0 amide bonds. The molecule has 2 heteroatoms. The molecule has 0 aromatic carbocycles. The Morgan fingerprint density at radius 1 is 0.933 bits per heavy atom. The highest BCUT2D eigenvalue weighted by atomic mass is 32.1. The molecule has 0 radical (unpaired) electrons. The molecule has 1 fully saturated rings. The van der Waals surface area contributed by atoms with Crippen molar-refractivity contribution in [1.82, 2.24) is 0 Å². The molecule has 0 aromatic rings. The van der Waals surface area contributed by atoms with Crippen molar-refractivity contribution in [3.63, 3.8) is 0 Å². The lowest BCUT2D eigenvalue weighted by atomic mass is 9.90. The zero-order valence-corrected chi connectivity index (χ0v) is 10.8. The molecule has 1 aliphatic carbocycles. The van der Waals surface area contributed by atoms with Crippen LogP contribution in [0.1, 0.15) is 57.8 Å². The van der Waals surface area contributed by atoms with Crippen molar-refractivity contribution in [3.8, 4) is 0 Å². The molecular formula is C13H26OS. The van der Waals surface area contributed by atoms with Gasteiger partial charge in [0.05, 0.1) is 0 Å². The minimum atomic E-state index is 0.871. The van der Waals surface area contributed by atoms with E-state index in [2.05, 4.69) is 12.6 Å². The summed E-state index contributed by atoms with van der Waals surface area (Å²) in [5.74, 6) is 1.90. The first-order chi connectivity index (χ1) is 7.43. The van der Waals surface area contributed by atoms with Gasteiger partial charge in [0.15, 0.2) is 0 Å². The van der Waals surface area contributed by atoms with Crippen molar-refractivity contribution in [1.29, 1.82) is 0 Å². The molecule has 1 rings (SSSR count). The molecule has 15 heavy (non-hydrogen) atoms. The molecule has 1 aliphatic rings. The van der Waals surface area contributed by atoms with E-state index in [1.54, 1.807) is 0 Å². The summed E-state index contributed by atoms with van der Waals surface area (Å²) < 4.78 is 5.73. The van der Waals surface area contributed by atoms with Crippen LogP contribution in [0.15, 0.2) is 0 Å². The van der Waals surface area contributed by atoms with E-state index in [0.717, 1.165) is 24.9 Å². The molecule has 0 aliphatic heterocycles. The minimum absolute atomic E-state index is 0.871. The van der Waals surface area contributed by atoms with Gasteiger partial charge < -0.3 is 4.74 Å². The summed E-state index contributed by atoms with van der Waals surface area (Å²) in [6.45, 7) is 2.00. The van der Waals surface area contributed by atoms with Gasteiger partial charge in [-0.2, -0.15) is 12.6 Å². The van der Waals surface area contributed by atoms with Gasteiger partial charge in [0, 0.05) is 13.2 Å². The second-order valence-electron chi connectivity index (χ2n) is 4.72. The molecule has 0 bridgehead atoms. The molecule has 0 N–H and O–H groups in total. The van der Waals surface area contributed by atoms with Gasteiger partial charge in [-0.3, -0.25) is 0 Å². The molecule has 1 saturated carbocycles. The molecule has 0 heterocycles. The van der Waals surface area contributed by atoms with Crippen LogP contribution in [0.25, 0.3) is 0 Å². The fourth-order valence-electron chi connectivity index (χ4n) is 2.27. The van der Waals surface area contributed by atoms with Gasteiger partial charge in [0.2, 0.25) is 0 Å². The standard InChI is InChI=1S/C13H26OS/c15-11-7-2-1-6-10-14-12-13-8-4-3-5-9-13/h13,15H,1-12H2. The van der Waals surface area contributed by atoms with Gasteiger partial charge in [0.25, 0.3) is 0 Å². The third-order valence-electron chi connectivity index (χ3n) is 3.28. The van der Waals surface area contributed by atoms with E-state index in [-0.39, 0.29) is 0 Å². The topological polar surface area (TPSA) is 9.23 Å². The van der Waals surface area contributed by atoms with Gasteiger partial charge in [-0.15, -0.1) is 0 Å². The van der Waals surface area contributed by atoms with Gasteiger partial charge >= 0.3 is 0 Å². The molecule has 90 valence electrons. The summed E-state index contributed by atoms with van der Waals surface area (Å²) in [6.07, 6.45) is 12.2. The van der Waals surface area contributed by atoms with Crippen molar-refractivity contribution in [2.24, 2.45) is 5.92 Å². The van der Waals surface area contributed by atoms with Crippen LogP contribution in [-0.4, -0.2) is 19.0 Å². The number of hydrogen-bond acceptors (Lipinski definition) is 2. The molecule has 0 atom stereocenters. The van der Waals surface area contributed by atoms with Crippen LogP contribution in [0.5, 0.6) is 0 Å². The first kappa shape index (κ1) is 13.4. The van der Waals surface area contributed by atoms with Crippen molar-refractivity contribution in [2.45, 2.75) is 57.8 Å². The maximum Gasteiger partial charge on any atom is 0.0494 e. The zero-order valence-electron chi connectivity index (χ0n) is 9.92. The lowest BCUT2D eigenvalue weighted by Crippen LogP contribution is -2.13. The van der Waals surface area contributed by atoms with Crippen LogP contribution >= 0.6 is 12.6 Å². The van der Waals surface area contributed by atoms with E-state index in [1.165, 1.54) is 57.8 Å². The summed E-state index contributed by atoms with van der Waals surface area (Å²) in [5.41, 5.74) is 0. The van der Waals surface area contributed by atoms with E-state index in [4.69, 9.17) is 4.74 Å². The number of unbranched alkanes of at least 4 members (excludes halogenated alkanes) is 3. The number of ether oxygens (including phenoxy) is 1. The molecular weight excluding hydrogens is 204 g/mol. The molecule has 1 nitrogen and oxygen atoms in total. The highest BCUT2D eigenvalue weighted by molar-refractivity contribution is 7.80. The molecule has 0 saturated heterocycles. The number of rotatable bonds is 8. The summed E-state index contributed by atoms with van der Waals surface area (Å²) >= 11 is 4.20. The second kappa shape index (κ2) is 9.53. The van der Waals surface area contributed by atoms with Crippen LogP contribution in [0.4, 0.5) is 0 Å². The maximum atomic E-state index is 5.73. The Kier molecular flexibility index (Phi) is 8.50. The van der Waals surface area contributed by atoms with Crippen molar-refractivity contribution < 1.29 is 4.74 Å². The fourth-order valence-corrected chi connectivity index (χ4v) is 2.50. The van der Waals surface area contributed by atoms with E-state index in [1.807, 2.05) is 0 Å². The second-order valence-corrected chi connectivity index (χ2v) is 5.16. The van der Waals surface area contributed by atoms with E-state index >= 15 is 0 Å². The summed E-state index contributed by atoms with van der Waals surface area (Å²) in [6, 6.07) is 0. The van der Waals surface area contributed by atoms with Crippen LogP contribution in [0.3, 0.4) is 0 Å². The molecule has 0 aromatic heterocycles. The summed E-state index contributed by atoms with van der Waals surface area (Å²) in [7, 11) is 0. The quantitative estimate of drug-likeness (QED) is 0.488. The number of thiol groups is 1. The van der Waals surface area contributed by atoms with Gasteiger partial charge in [-0.1, -0.05) is 32.1 Å². The first-order valence-corrected chi connectivity index (χ1v) is 7.25. The largest absolute Gasteiger partial charge is 0.381 e. The predicted molar refractivity (Wildman–Crippen MR) is 69.7 cm³/mol. The molecule has 0 spiro atoms. The van der Waals surface area contributed by atoms with Gasteiger partial charge in [-0.25, -0.2) is 0 Å². The third kappa shape index (κ3) is 7.24. The average Bonchev–Trinajstić information content (AvgIpc) is 2.29. The van der Waals surface area contributed by atoms with Gasteiger partial charge in [-0.05, 0) is 37.4 Å². The SMILES string of the molecule is SCCCCCCOCC1CCCCC1. The third-order valence-corrected chi connectivity index (χ3v) is 3.59. The minimum Gasteiger partial charge on any atom is -0.381 e. The highest BCUT2D eigenvalue weighted by Gasteiger charge is 2.12. The highest BCUT2D eigenvalue weighted by Crippen LogP contribution is 2.23. The van der Waals surface area contributed by atoms with Crippen LogP contribution in [0.2, 0.25) is 0 Å². The Balaban J connectivity index is 1.79. The van der Waals surface area contributed by atoms with E-state index in [0.29, 0.717) is 0 Å². The lowest BCUT2D eigenvalue weighted by Gasteiger charge is -2.21. The van der Waals surface area contributed by atoms with Crippen LogP contribution in [0, 0.1) is 5.92 Å². The fraction of sp³-hybridized carbons (Fsp3) is 1.00. The Morgan fingerprint density at radius 3 is 2.40 bits per heavy atom. The normalized spacial score (nSPS) is 18.2. The molecule has 0 unspecified atom stereocenters. The summed E-state index contributed by atoms with van der Waals surface area (Å²) in [4.78, 5) is 0. The maximum absolute atomic E-state index is 5.73. The Labute approximate surface area is 100 Å². The van der Waals surface area contributed by atoms with Crippen molar-refractivity contribution in [2.75, 3.05) is 19.0 Å². The smallest absolute Gasteiger partial charge is 0.0494 e. The van der Waals surface area contributed by atoms with Gasteiger partial charge in [0.1, 0.15) is 0 Å². The Morgan fingerprint density at radius 2 is 1.67 bits per heavy atom. The van der Waals surface area contributed by atoms with Crippen LogP contribution < -0.4 is 0 Å². The Hall–Kier alpha value is 0.310. The lowest BCUT2D eigenvalue weighted by molar-refractivity contribution is 0.0825. The van der Waals surface area contributed by atoms with E-state index in [9.17, 15) is 0 Å².